The maximum Gasteiger partial charge on any atom is 0.252 e. The number of aromatic nitrogens is 5. The number of thiophene rings is 1. The van der Waals surface area contributed by atoms with E-state index in [9.17, 15) is 0 Å². The lowest BCUT2D eigenvalue weighted by molar-refractivity contribution is 0.845. The Bertz CT molecular complexity index is 1040. The van der Waals surface area contributed by atoms with Crippen LogP contribution in [0.3, 0.4) is 0 Å². The lowest BCUT2D eigenvalue weighted by Gasteiger charge is -2.04. The Labute approximate surface area is 139 Å². The molecule has 0 aliphatic heterocycles. The molecule has 3 aromatic heterocycles. The summed E-state index contributed by atoms with van der Waals surface area (Å²) in [6.45, 7) is 0. The number of benzene rings is 1. The predicted molar refractivity (Wildman–Crippen MR) is 87.5 cm³/mol. The van der Waals surface area contributed by atoms with Crippen molar-refractivity contribution in [1.82, 2.24) is 24.7 Å². The molecule has 0 N–H and O–H groups in total. The Morgan fingerprint density at radius 2 is 1.96 bits per heavy atom. The molecule has 0 bridgehead atoms. The van der Waals surface area contributed by atoms with Crippen LogP contribution >= 0.6 is 22.9 Å². The van der Waals surface area contributed by atoms with Crippen molar-refractivity contribution < 1.29 is 0 Å². The first-order valence-corrected chi connectivity index (χ1v) is 7.82. The van der Waals surface area contributed by atoms with Gasteiger partial charge in [0.15, 0.2) is 5.82 Å². The van der Waals surface area contributed by atoms with Gasteiger partial charge in [0.1, 0.15) is 23.6 Å². The molecule has 8 heteroatoms. The zero-order valence-electron chi connectivity index (χ0n) is 11.5. The maximum atomic E-state index is 8.90. The summed E-state index contributed by atoms with van der Waals surface area (Å²) in [6, 6.07) is 9.49. The monoisotopic (exact) mass is 338 g/mol. The van der Waals surface area contributed by atoms with Gasteiger partial charge in [-0.15, -0.1) is 16.4 Å². The standard InChI is InChI=1S/C15H7ClN6S/c16-10-3-1-9(2-4-10)11-6-23-15-13(11)14(18-7-19-15)22-8-20-12(5-17)21-22/h1-4,6-8H. The van der Waals surface area contributed by atoms with E-state index in [1.54, 1.807) is 0 Å². The van der Waals surface area contributed by atoms with Gasteiger partial charge in [0.05, 0.1) is 5.39 Å². The van der Waals surface area contributed by atoms with Gasteiger partial charge in [-0.3, -0.25) is 0 Å². The number of nitriles is 1. The van der Waals surface area contributed by atoms with Crippen molar-refractivity contribution >= 4 is 33.2 Å². The van der Waals surface area contributed by atoms with Crippen molar-refractivity contribution in [3.63, 3.8) is 0 Å². The number of rotatable bonds is 2. The van der Waals surface area contributed by atoms with Gasteiger partial charge in [-0.2, -0.15) is 5.26 Å². The number of fused-ring (bicyclic) bond motifs is 1. The number of hydrogen-bond acceptors (Lipinski definition) is 6. The van der Waals surface area contributed by atoms with Gasteiger partial charge in [0.25, 0.3) is 5.82 Å². The molecule has 6 nitrogen and oxygen atoms in total. The average molecular weight is 339 g/mol. The van der Waals surface area contributed by atoms with E-state index in [0.29, 0.717) is 10.8 Å². The fraction of sp³-hybridized carbons (Fsp3) is 0. The van der Waals surface area contributed by atoms with Crippen LogP contribution in [0.2, 0.25) is 5.02 Å². The van der Waals surface area contributed by atoms with Gasteiger partial charge in [-0.25, -0.2) is 19.6 Å². The second-order valence-corrected chi connectivity index (χ2v) is 5.95. The molecular weight excluding hydrogens is 332 g/mol. The number of nitrogens with zero attached hydrogens (tertiary/aromatic N) is 6. The molecule has 1 aromatic carbocycles. The Morgan fingerprint density at radius 3 is 2.70 bits per heavy atom. The maximum absolute atomic E-state index is 8.90. The van der Waals surface area contributed by atoms with Crippen LogP contribution in [0.1, 0.15) is 5.82 Å². The first-order chi connectivity index (χ1) is 11.3. The van der Waals surface area contributed by atoms with E-state index in [0.717, 1.165) is 21.3 Å². The van der Waals surface area contributed by atoms with E-state index < -0.39 is 0 Å². The quantitative estimate of drug-likeness (QED) is 0.559. The minimum absolute atomic E-state index is 0.0973. The van der Waals surface area contributed by atoms with E-state index >= 15 is 0 Å². The molecule has 0 fully saturated rings. The second-order valence-electron chi connectivity index (χ2n) is 4.66. The summed E-state index contributed by atoms with van der Waals surface area (Å²) in [4.78, 5) is 13.4. The van der Waals surface area contributed by atoms with Crippen LogP contribution in [-0.4, -0.2) is 24.7 Å². The van der Waals surface area contributed by atoms with Gasteiger partial charge < -0.3 is 0 Å². The molecule has 0 aliphatic rings. The summed E-state index contributed by atoms with van der Waals surface area (Å²) in [6.07, 6.45) is 2.96. The van der Waals surface area contributed by atoms with Crippen LogP contribution in [0.5, 0.6) is 0 Å². The van der Waals surface area contributed by atoms with Crippen LogP contribution < -0.4 is 0 Å². The highest BCUT2D eigenvalue weighted by atomic mass is 35.5. The largest absolute Gasteiger partial charge is 0.252 e. The second kappa shape index (κ2) is 5.43. The fourth-order valence-corrected chi connectivity index (χ4v) is 3.33. The Morgan fingerprint density at radius 1 is 1.13 bits per heavy atom. The van der Waals surface area contributed by atoms with E-state index in [2.05, 4.69) is 20.1 Å². The van der Waals surface area contributed by atoms with Gasteiger partial charge in [-0.1, -0.05) is 23.7 Å². The van der Waals surface area contributed by atoms with Crippen LogP contribution in [0.15, 0.2) is 42.3 Å². The summed E-state index contributed by atoms with van der Waals surface area (Å²) in [5.41, 5.74) is 2.00. The lowest BCUT2D eigenvalue weighted by atomic mass is 10.1. The summed E-state index contributed by atoms with van der Waals surface area (Å²) in [5, 5.41) is 16.6. The zero-order chi connectivity index (χ0) is 15.8. The van der Waals surface area contributed by atoms with Crippen molar-refractivity contribution in [2.75, 3.05) is 0 Å². The van der Waals surface area contributed by atoms with Crippen molar-refractivity contribution in [3.05, 3.63) is 53.1 Å². The number of hydrogen-bond donors (Lipinski definition) is 0. The SMILES string of the molecule is N#Cc1ncn(-c2ncnc3scc(-c4ccc(Cl)cc4)c23)n1. The van der Waals surface area contributed by atoms with Crippen LogP contribution in [0.4, 0.5) is 0 Å². The topological polar surface area (TPSA) is 80.3 Å². The van der Waals surface area contributed by atoms with Crippen LogP contribution in [-0.2, 0) is 0 Å². The molecule has 0 spiro atoms. The lowest BCUT2D eigenvalue weighted by Crippen LogP contribution is -2.00. The molecular formula is C15H7ClN6S. The Balaban J connectivity index is 1.97. The van der Waals surface area contributed by atoms with E-state index in [1.807, 2.05) is 35.7 Å². The molecule has 0 saturated carbocycles. The molecule has 0 saturated heterocycles. The summed E-state index contributed by atoms with van der Waals surface area (Å²) >= 11 is 7.49. The Kier molecular flexibility index (Phi) is 3.26. The van der Waals surface area contributed by atoms with Crippen LogP contribution in [0, 0.1) is 11.3 Å². The third-order valence-electron chi connectivity index (χ3n) is 3.31. The molecule has 4 rings (SSSR count). The summed E-state index contributed by atoms with van der Waals surface area (Å²) in [5.74, 6) is 0.690. The minimum Gasteiger partial charge on any atom is -0.225 e. The molecule has 23 heavy (non-hydrogen) atoms. The summed E-state index contributed by atoms with van der Waals surface area (Å²) in [7, 11) is 0. The third-order valence-corrected chi connectivity index (χ3v) is 4.45. The van der Waals surface area contributed by atoms with Crippen LogP contribution in [0.25, 0.3) is 27.2 Å². The molecule has 0 aliphatic carbocycles. The highest BCUT2D eigenvalue weighted by molar-refractivity contribution is 7.17. The van der Waals surface area contributed by atoms with Gasteiger partial charge in [0, 0.05) is 16.0 Å². The summed E-state index contributed by atoms with van der Waals surface area (Å²) < 4.78 is 1.49. The zero-order valence-corrected chi connectivity index (χ0v) is 13.1. The predicted octanol–water partition coefficient (Wildman–Crippen LogP) is 3.46. The van der Waals surface area contributed by atoms with E-state index in [4.69, 9.17) is 16.9 Å². The fourth-order valence-electron chi connectivity index (χ4n) is 2.29. The van der Waals surface area contributed by atoms with E-state index in [-0.39, 0.29) is 5.82 Å². The van der Waals surface area contributed by atoms with Gasteiger partial charge >= 0.3 is 0 Å². The molecule has 3 heterocycles. The first kappa shape index (κ1) is 13.8. The molecule has 4 aromatic rings. The number of halogens is 1. The van der Waals surface area contributed by atoms with E-state index in [1.165, 1.54) is 28.7 Å². The highest BCUT2D eigenvalue weighted by Gasteiger charge is 2.15. The molecule has 0 amide bonds. The highest BCUT2D eigenvalue weighted by Crippen LogP contribution is 2.35. The van der Waals surface area contributed by atoms with Crippen molar-refractivity contribution in [1.29, 1.82) is 5.26 Å². The van der Waals surface area contributed by atoms with Gasteiger partial charge in [0.2, 0.25) is 0 Å². The molecule has 110 valence electrons. The minimum atomic E-state index is 0.0973. The molecule has 0 atom stereocenters. The first-order valence-electron chi connectivity index (χ1n) is 6.56. The van der Waals surface area contributed by atoms with Crippen molar-refractivity contribution in [2.24, 2.45) is 0 Å². The normalized spacial score (nSPS) is 10.8. The average Bonchev–Trinajstić information content (AvgIpc) is 3.22. The van der Waals surface area contributed by atoms with Gasteiger partial charge in [-0.05, 0) is 17.7 Å². The van der Waals surface area contributed by atoms with Crippen molar-refractivity contribution in [2.45, 2.75) is 0 Å². The smallest absolute Gasteiger partial charge is 0.225 e. The molecule has 0 radical (unpaired) electrons. The molecule has 0 unspecified atom stereocenters. The van der Waals surface area contributed by atoms with Crippen molar-refractivity contribution in [3.8, 4) is 23.0 Å². The third kappa shape index (κ3) is 2.34. The Hall–Kier alpha value is -2.82.